The maximum Gasteiger partial charge on any atom is 0.232 e. The number of hydrogen-bond acceptors (Lipinski definition) is 6. The number of nitrogens with one attached hydrogen (secondary N) is 1. The number of carbonyl (C=O) groups is 2. The molecule has 1 aliphatic rings. The molecule has 0 bridgehead atoms. The third-order valence-corrected chi connectivity index (χ3v) is 5.14. The molecule has 1 aliphatic heterocycles. The zero-order chi connectivity index (χ0) is 18.8. The molecule has 1 aromatic carbocycles. The van der Waals surface area contributed by atoms with Crippen LogP contribution in [0.1, 0.15) is 6.42 Å². The fourth-order valence-corrected chi connectivity index (χ4v) is 3.65. The molecule has 3 aromatic rings. The summed E-state index contributed by atoms with van der Waals surface area (Å²) in [5, 5.41) is 10.6. The van der Waals surface area contributed by atoms with Crippen molar-refractivity contribution in [2.75, 3.05) is 23.9 Å². The molecule has 0 saturated carbocycles. The first-order chi connectivity index (χ1) is 13.1. The molecule has 1 saturated heterocycles. The maximum absolute atomic E-state index is 12.5. The van der Waals surface area contributed by atoms with Crippen LogP contribution < -0.4 is 15.0 Å². The number of methoxy groups -OCH3 is 1. The van der Waals surface area contributed by atoms with Gasteiger partial charge in [0.25, 0.3) is 0 Å². The number of anilines is 2. The van der Waals surface area contributed by atoms with Crippen LogP contribution in [0.5, 0.6) is 5.75 Å². The van der Waals surface area contributed by atoms with Crippen molar-refractivity contribution in [3.8, 4) is 17.0 Å². The van der Waals surface area contributed by atoms with E-state index >= 15 is 0 Å². The molecule has 4 rings (SSSR count). The van der Waals surface area contributed by atoms with Crippen molar-refractivity contribution >= 4 is 34.7 Å². The summed E-state index contributed by atoms with van der Waals surface area (Å²) in [6.07, 6.45) is 0.156. The molecule has 2 aromatic heterocycles. The molecule has 1 fully saturated rings. The van der Waals surface area contributed by atoms with Crippen LogP contribution in [0.4, 0.5) is 11.6 Å². The predicted octanol–water partition coefficient (Wildman–Crippen LogP) is 3.40. The van der Waals surface area contributed by atoms with Gasteiger partial charge in [0, 0.05) is 35.7 Å². The second-order valence-corrected chi connectivity index (χ2v) is 6.96. The minimum absolute atomic E-state index is 0.0863. The highest BCUT2D eigenvalue weighted by atomic mass is 32.1. The SMILES string of the molecule is COc1ccc(N2CC(C(=O)Nc3cc(-c4ccsc4)no3)CC2=O)cc1. The predicted molar refractivity (Wildman–Crippen MR) is 102 cm³/mol. The van der Waals surface area contributed by atoms with Gasteiger partial charge < -0.3 is 14.2 Å². The van der Waals surface area contributed by atoms with Crippen LogP contribution in [0.25, 0.3) is 11.3 Å². The molecule has 1 atom stereocenters. The van der Waals surface area contributed by atoms with Crippen LogP contribution in [0, 0.1) is 5.92 Å². The molecule has 3 heterocycles. The van der Waals surface area contributed by atoms with E-state index in [1.807, 2.05) is 16.8 Å². The number of hydrogen-bond donors (Lipinski definition) is 1. The van der Waals surface area contributed by atoms with Crippen molar-refractivity contribution in [1.29, 1.82) is 0 Å². The van der Waals surface area contributed by atoms with Crippen molar-refractivity contribution in [2.45, 2.75) is 6.42 Å². The van der Waals surface area contributed by atoms with Gasteiger partial charge in [-0.05, 0) is 35.7 Å². The largest absolute Gasteiger partial charge is 0.497 e. The number of ether oxygens (including phenoxy) is 1. The van der Waals surface area contributed by atoms with Gasteiger partial charge in [0.05, 0.1) is 13.0 Å². The molecule has 0 spiro atoms. The van der Waals surface area contributed by atoms with E-state index in [1.165, 1.54) is 0 Å². The first-order valence-corrected chi connectivity index (χ1v) is 9.33. The standard InChI is InChI=1S/C19H17N3O4S/c1-25-15-4-2-14(3-5-15)22-10-13(8-18(22)23)19(24)20-17-9-16(21-26-17)12-6-7-27-11-12/h2-7,9,11,13H,8,10H2,1H3,(H,20,24). The van der Waals surface area contributed by atoms with Gasteiger partial charge in [-0.3, -0.25) is 14.9 Å². The Bertz CT molecular complexity index is 950. The Labute approximate surface area is 159 Å². The summed E-state index contributed by atoms with van der Waals surface area (Å²) in [5.74, 6) is 0.196. The lowest BCUT2D eigenvalue weighted by molar-refractivity contribution is -0.122. The Hall–Kier alpha value is -3.13. The number of carbonyl (C=O) groups excluding carboxylic acids is 2. The van der Waals surface area contributed by atoms with Gasteiger partial charge in [0.1, 0.15) is 11.4 Å². The second-order valence-electron chi connectivity index (χ2n) is 6.18. The van der Waals surface area contributed by atoms with Crippen molar-refractivity contribution in [3.05, 3.63) is 47.2 Å². The number of aromatic nitrogens is 1. The topological polar surface area (TPSA) is 84.7 Å². The van der Waals surface area contributed by atoms with Gasteiger partial charge in [0.15, 0.2) is 0 Å². The first-order valence-electron chi connectivity index (χ1n) is 8.38. The van der Waals surface area contributed by atoms with Crippen molar-refractivity contribution < 1.29 is 18.8 Å². The molecule has 27 heavy (non-hydrogen) atoms. The van der Waals surface area contributed by atoms with Gasteiger partial charge in [0.2, 0.25) is 17.7 Å². The summed E-state index contributed by atoms with van der Waals surface area (Å²) < 4.78 is 10.3. The molecular formula is C19H17N3O4S. The normalized spacial score (nSPS) is 16.6. The van der Waals surface area contributed by atoms with Crippen LogP contribution in [0.3, 0.4) is 0 Å². The fraction of sp³-hybridized carbons (Fsp3) is 0.211. The van der Waals surface area contributed by atoms with Crippen LogP contribution in [-0.2, 0) is 9.59 Å². The van der Waals surface area contributed by atoms with Crippen LogP contribution >= 0.6 is 11.3 Å². The summed E-state index contributed by atoms with van der Waals surface area (Å²) >= 11 is 1.56. The minimum atomic E-state index is -0.450. The smallest absolute Gasteiger partial charge is 0.232 e. The average Bonchev–Trinajstić information content (AvgIpc) is 3.42. The Kier molecular flexibility index (Phi) is 4.64. The number of thiophene rings is 1. The Morgan fingerprint density at radius 2 is 2.15 bits per heavy atom. The first kappa shape index (κ1) is 17.3. The van der Waals surface area contributed by atoms with E-state index in [4.69, 9.17) is 9.26 Å². The highest BCUT2D eigenvalue weighted by Crippen LogP contribution is 2.28. The Balaban J connectivity index is 1.41. The zero-order valence-corrected chi connectivity index (χ0v) is 15.4. The lowest BCUT2D eigenvalue weighted by atomic mass is 10.1. The summed E-state index contributed by atoms with van der Waals surface area (Å²) in [6.45, 7) is 0.322. The number of nitrogens with zero attached hydrogens (tertiary/aromatic N) is 2. The number of rotatable bonds is 5. The van der Waals surface area contributed by atoms with Gasteiger partial charge in [-0.25, -0.2) is 0 Å². The van der Waals surface area contributed by atoms with E-state index in [-0.39, 0.29) is 24.1 Å². The van der Waals surface area contributed by atoms with Gasteiger partial charge in [-0.1, -0.05) is 5.16 Å². The van der Waals surface area contributed by atoms with Crippen LogP contribution in [0.2, 0.25) is 0 Å². The van der Waals surface area contributed by atoms with Crippen molar-refractivity contribution in [2.24, 2.45) is 5.92 Å². The molecule has 7 nitrogen and oxygen atoms in total. The summed E-state index contributed by atoms with van der Waals surface area (Å²) in [7, 11) is 1.59. The molecule has 2 amide bonds. The van der Waals surface area contributed by atoms with E-state index in [2.05, 4.69) is 10.5 Å². The van der Waals surface area contributed by atoms with Gasteiger partial charge >= 0.3 is 0 Å². The highest BCUT2D eigenvalue weighted by Gasteiger charge is 2.35. The maximum atomic E-state index is 12.5. The quantitative estimate of drug-likeness (QED) is 0.730. The monoisotopic (exact) mass is 383 g/mol. The average molecular weight is 383 g/mol. The zero-order valence-electron chi connectivity index (χ0n) is 14.5. The molecular weight excluding hydrogens is 366 g/mol. The lowest BCUT2D eigenvalue weighted by Gasteiger charge is -2.16. The van der Waals surface area contributed by atoms with Crippen LogP contribution in [-0.4, -0.2) is 30.6 Å². The van der Waals surface area contributed by atoms with Gasteiger partial charge in [-0.2, -0.15) is 11.3 Å². The third-order valence-electron chi connectivity index (χ3n) is 4.45. The van der Waals surface area contributed by atoms with E-state index in [0.29, 0.717) is 18.0 Å². The summed E-state index contributed by atoms with van der Waals surface area (Å²) in [5.41, 5.74) is 2.34. The minimum Gasteiger partial charge on any atom is -0.497 e. The molecule has 138 valence electrons. The second kappa shape index (κ2) is 7.24. The number of amides is 2. The molecule has 0 aliphatic carbocycles. The van der Waals surface area contributed by atoms with E-state index in [1.54, 1.807) is 53.7 Å². The number of benzene rings is 1. The molecule has 1 unspecified atom stereocenters. The molecule has 0 radical (unpaired) electrons. The summed E-state index contributed by atoms with van der Waals surface area (Å²) in [6, 6.07) is 10.8. The van der Waals surface area contributed by atoms with E-state index in [0.717, 1.165) is 11.3 Å². The lowest BCUT2D eigenvalue weighted by Crippen LogP contribution is -2.28. The third kappa shape index (κ3) is 3.56. The fourth-order valence-electron chi connectivity index (χ4n) is 3.00. The highest BCUT2D eigenvalue weighted by molar-refractivity contribution is 7.08. The van der Waals surface area contributed by atoms with E-state index < -0.39 is 5.92 Å². The Morgan fingerprint density at radius 1 is 1.33 bits per heavy atom. The van der Waals surface area contributed by atoms with Crippen LogP contribution in [0.15, 0.2) is 51.7 Å². The van der Waals surface area contributed by atoms with Crippen molar-refractivity contribution in [1.82, 2.24) is 5.16 Å². The molecule has 1 N–H and O–H groups in total. The van der Waals surface area contributed by atoms with Crippen molar-refractivity contribution in [3.63, 3.8) is 0 Å². The van der Waals surface area contributed by atoms with Gasteiger partial charge in [-0.15, -0.1) is 0 Å². The molecule has 8 heteroatoms. The Morgan fingerprint density at radius 3 is 2.85 bits per heavy atom. The summed E-state index contributed by atoms with van der Waals surface area (Å²) in [4.78, 5) is 26.5. The van der Waals surface area contributed by atoms with E-state index in [9.17, 15) is 9.59 Å².